The van der Waals surface area contributed by atoms with Crippen LogP contribution in [-0.2, 0) is 22.4 Å². The SMILES string of the molecule is COC(=O)c1ccccc1N/C=C(/C#N)C(=O)NC(C)c1ccc2c(c1)CCCC2. The lowest BCUT2D eigenvalue weighted by Gasteiger charge is -2.20. The third kappa shape index (κ3) is 4.87. The fraction of sp³-hybridized carbons (Fsp3) is 0.292. The van der Waals surface area contributed by atoms with E-state index in [0.717, 1.165) is 18.4 Å². The van der Waals surface area contributed by atoms with Crippen LogP contribution in [0.5, 0.6) is 0 Å². The van der Waals surface area contributed by atoms with Gasteiger partial charge in [-0.25, -0.2) is 4.79 Å². The molecule has 2 N–H and O–H groups in total. The van der Waals surface area contributed by atoms with E-state index in [1.807, 2.05) is 19.1 Å². The number of aryl methyl sites for hydroxylation is 2. The van der Waals surface area contributed by atoms with E-state index in [0.29, 0.717) is 11.3 Å². The molecule has 0 spiro atoms. The lowest BCUT2D eigenvalue weighted by Crippen LogP contribution is -2.28. The fourth-order valence-corrected chi connectivity index (χ4v) is 3.58. The van der Waals surface area contributed by atoms with Crippen molar-refractivity contribution in [3.8, 4) is 6.07 Å². The minimum atomic E-state index is -0.504. The van der Waals surface area contributed by atoms with Crippen LogP contribution in [0.1, 0.15) is 52.9 Å². The van der Waals surface area contributed by atoms with Crippen LogP contribution in [0.25, 0.3) is 0 Å². The molecule has 0 heterocycles. The molecule has 0 bridgehead atoms. The topological polar surface area (TPSA) is 91.2 Å². The highest BCUT2D eigenvalue weighted by Gasteiger charge is 2.17. The standard InChI is InChI=1S/C24H25N3O3/c1-16(18-12-11-17-7-3-4-8-19(17)13-18)27-23(28)20(14-25)15-26-22-10-6-5-9-21(22)24(29)30-2/h5-6,9-13,15-16,26H,3-4,7-8H2,1-2H3,(H,27,28)/b20-15-. The summed E-state index contributed by atoms with van der Waals surface area (Å²) in [7, 11) is 1.30. The molecule has 1 unspecified atom stereocenters. The minimum Gasteiger partial charge on any atom is -0.465 e. The third-order valence-corrected chi connectivity index (χ3v) is 5.29. The number of esters is 1. The minimum absolute atomic E-state index is 0.0838. The van der Waals surface area contributed by atoms with Gasteiger partial charge in [0.1, 0.15) is 11.6 Å². The van der Waals surface area contributed by atoms with E-state index in [1.165, 1.54) is 37.3 Å². The second-order valence-electron chi connectivity index (χ2n) is 7.28. The van der Waals surface area contributed by atoms with Gasteiger partial charge >= 0.3 is 5.97 Å². The number of methoxy groups -OCH3 is 1. The van der Waals surface area contributed by atoms with E-state index in [1.54, 1.807) is 24.3 Å². The van der Waals surface area contributed by atoms with Crippen molar-refractivity contribution < 1.29 is 14.3 Å². The molecule has 0 saturated heterocycles. The Morgan fingerprint density at radius 1 is 1.13 bits per heavy atom. The predicted octanol–water partition coefficient (Wildman–Crippen LogP) is 4.05. The van der Waals surface area contributed by atoms with Gasteiger partial charge < -0.3 is 15.4 Å². The van der Waals surface area contributed by atoms with Crippen LogP contribution >= 0.6 is 0 Å². The van der Waals surface area contributed by atoms with Gasteiger partial charge in [-0.1, -0.05) is 30.3 Å². The van der Waals surface area contributed by atoms with Crippen molar-refractivity contribution >= 4 is 17.6 Å². The van der Waals surface area contributed by atoms with Crippen LogP contribution < -0.4 is 10.6 Å². The average Bonchev–Trinajstić information content (AvgIpc) is 2.78. The van der Waals surface area contributed by atoms with E-state index >= 15 is 0 Å². The lowest BCUT2D eigenvalue weighted by molar-refractivity contribution is -0.117. The van der Waals surface area contributed by atoms with Crippen LogP contribution in [0, 0.1) is 11.3 Å². The smallest absolute Gasteiger partial charge is 0.339 e. The highest BCUT2D eigenvalue weighted by Crippen LogP contribution is 2.25. The maximum absolute atomic E-state index is 12.6. The van der Waals surface area contributed by atoms with E-state index < -0.39 is 11.9 Å². The third-order valence-electron chi connectivity index (χ3n) is 5.29. The molecule has 0 radical (unpaired) electrons. The van der Waals surface area contributed by atoms with Gasteiger partial charge in [-0.05, 0) is 61.4 Å². The summed E-state index contributed by atoms with van der Waals surface area (Å²) in [5, 5.41) is 15.2. The fourth-order valence-electron chi connectivity index (χ4n) is 3.58. The number of nitrogens with one attached hydrogen (secondary N) is 2. The normalized spacial score (nSPS) is 14.1. The summed E-state index contributed by atoms with van der Waals surface area (Å²) in [5.41, 5.74) is 4.43. The molecule has 2 aromatic rings. The molecule has 1 amide bonds. The first-order chi connectivity index (χ1) is 14.5. The Morgan fingerprint density at radius 2 is 1.87 bits per heavy atom. The number of para-hydroxylation sites is 1. The van der Waals surface area contributed by atoms with Crippen LogP contribution in [-0.4, -0.2) is 19.0 Å². The summed E-state index contributed by atoms with van der Waals surface area (Å²) in [6.07, 6.45) is 5.89. The Balaban J connectivity index is 1.71. The molecular formula is C24H25N3O3. The maximum Gasteiger partial charge on any atom is 0.339 e. The van der Waals surface area contributed by atoms with Gasteiger partial charge in [-0.2, -0.15) is 5.26 Å². The largest absolute Gasteiger partial charge is 0.465 e. The second-order valence-corrected chi connectivity index (χ2v) is 7.28. The summed E-state index contributed by atoms with van der Waals surface area (Å²) in [4.78, 5) is 24.5. The number of hydrogen-bond acceptors (Lipinski definition) is 5. The molecule has 0 aromatic heterocycles. The zero-order chi connectivity index (χ0) is 21.5. The molecule has 0 aliphatic heterocycles. The van der Waals surface area contributed by atoms with Crippen molar-refractivity contribution in [2.45, 2.75) is 38.6 Å². The van der Waals surface area contributed by atoms with Crippen molar-refractivity contribution in [3.63, 3.8) is 0 Å². The number of hydrogen-bond donors (Lipinski definition) is 2. The average molecular weight is 403 g/mol. The Kier molecular flexibility index (Phi) is 6.87. The zero-order valence-electron chi connectivity index (χ0n) is 17.2. The maximum atomic E-state index is 12.6. The van der Waals surface area contributed by atoms with E-state index in [2.05, 4.69) is 22.8 Å². The van der Waals surface area contributed by atoms with E-state index in [9.17, 15) is 14.9 Å². The molecule has 6 heteroatoms. The van der Waals surface area contributed by atoms with Crippen LogP contribution in [0.15, 0.2) is 54.2 Å². The molecule has 3 rings (SSSR count). The Bertz CT molecular complexity index is 1020. The summed E-state index contributed by atoms with van der Waals surface area (Å²) in [5.74, 6) is -0.985. The summed E-state index contributed by atoms with van der Waals surface area (Å²) < 4.78 is 4.75. The quantitative estimate of drug-likeness (QED) is 0.431. The second kappa shape index (κ2) is 9.75. The van der Waals surface area contributed by atoms with Gasteiger partial charge in [0.15, 0.2) is 0 Å². The molecule has 0 fully saturated rings. The molecule has 1 aliphatic carbocycles. The van der Waals surface area contributed by atoms with Crippen LogP contribution in [0.3, 0.4) is 0 Å². The van der Waals surface area contributed by atoms with E-state index in [4.69, 9.17) is 4.74 Å². The van der Waals surface area contributed by atoms with Gasteiger partial charge in [-0.3, -0.25) is 4.79 Å². The summed E-state index contributed by atoms with van der Waals surface area (Å²) >= 11 is 0. The number of rotatable bonds is 6. The Hall–Kier alpha value is -3.59. The monoisotopic (exact) mass is 403 g/mol. The van der Waals surface area contributed by atoms with Crippen molar-refractivity contribution in [2.75, 3.05) is 12.4 Å². The van der Waals surface area contributed by atoms with Gasteiger partial charge in [0.25, 0.3) is 5.91 Å². The molecule has 30 heavy (non-hydrogen) atoms. The number of nitrogens with zero attached hydrogens (tertiary/aromatic N) is 1. The first kappa shape index (κ1) is 21.1. The first-order valence-electron chi connectivity index (χ1n) is 10.00. The highest BCUT2D eigenvalue weighted by atomic mass is 16.5. The Morgan fingerprint density at radius 3 is 2.60 bits per heavy atom. The van der Waals surface area contributed by atoms with Gasteiger partial charge in [-0.15, -0.1) is 0 Å². The number of nitriles is 1. The molecule has 0 saturated carbocycles. The van der Waals surface area contributed by atoms with Crippen molar-refractivity contribution in [3.05, 3.63) is 76.5 Å². The molecular weight excluding hydrogens is 378 g/mol. The van der Waals surface area contributed by atoms with Crippen molar-refractivity contribution in [1.82, 2.24) is 5.32 Å². The van der Waals surface area contributed by atoms with Crippen LogP contribution in [0.4, 0.5) is 5.69 Å². The highest BCUT2D eigenvalue weighted by molar-refractivity contribution is 5.99. The molecule has 1 atom stereocenters. The van der Waals surface area contributed by atoms with Gasteiger partial charge in [0.05, 0.1) is 24.4 Å². The molecule has 154 valence electrons. The summed E-state index contributed by atoms with van der Waals surface area (Å²) in [6, 6.07) is 14.7. The van der Waals surface area contributed by atoms with Gasteiger partial charge in [0.2, 0.25) is 0 Å². The lowest BCUT2D eigenvalue weighted by atomic mass is 9.89. The number of carbonyl (C=O) groups is 2. The Labute approximate surface area is 176 Å². The number of anilines is 1. The summed E-state index contributed by atoms with van der Waals surface area (Å²) in [6.45, 7) is 1.90. The van der Waals surface area contributed by atoms with Crippen molar-refractivity contribution in [1.29, 1.82) is 5.26 Å². The predicted molar refractivity (Wildman–Crippen MR) is 115 cm³/mol. The number of benzene rings is 2. The first-order valence-corrected chi connectivity index (χ1v) is 10.00. The van der Waals surface area contributed by atoms with Crippen molar-refractivity contribution in [2.24, 2.45) is 0 Å². The number of fused-ring (bicyclic) bond motifs is 1. The van der Waals surface area contributed by atoms with Gasteiger partial charge in [0, 0.05) is 6.20 Å². The van der Waals surface area contributed by atoms with E-state index in [-0.39, 0.29) is 11.6 Å². The number of ether oxygens (including phenoxy) is 1. The van der Waals surface area contributed by atoms with Crippen LogP contribution in [0.2, 0.25) is 0 Å². The molecule has 1 aliphatic rings. The molecule has 6 nitrogen and oxygen atoms in total. The molecule has 2 aromatic carbocycles. The number of carbonyl (C=O) groups excluding carboxylic acids is 2. The zero-order valence-corrected chi connectivity index (χ0v) is 17.2. The number of amides is 1.